The number of aliphatic hydroxyl groups is 1. The first-order chi connectivity index (χ1) is 11.9. The molecule has 1 aromatic heterocycles. The number of rotatable bonds is 4. The fraction of sp³-hybridized carbons (Fsp3) is 0.667. The van der Waals surface area contributed by atoms with Gasteiger partial charge in [-0.3, -0.25) is 19.1 Å². The highest BCUT2D eigenvalue weighted by molar-refractivity contribution is 5.71. The average molecular weight is 363 g/mol. The molecule has 0 amide bonds. The predicted molar refractivity (Wildman–Crippen MR) is 88.5 cm³/mol. The number of aliphatic hydroxyl groups excluding tert-OH is 1. The molecule has 1 aliphatic rings. The Bertz CT molecular complexity index is 630. The van der Waals surface area contributed by atoms with Gasteiger partial charge in [-0.05, 0) is 12.8 Å². The van der Waals surface area contributed by atoms with Crippen molar-refractivity contribution in [3.05, 3.63) is 32.9 Å². The molecule has 0 aromatic carbocycles. The molecular weight excluding hydrogens is 337 g/mol. The van der Waals surface area contributed by atoms with E-state index in [1.807, 2.05) is 4.98 Å². The fourth-order valence-corrected chi connectivity index (χ4v) is 1.93. The van der Waals surface area contributed by atoms with Gasteiger partial charge in [-0.15, -0.1) is 0 Å². The molecule has 0 aliphatic carbocycles. The number of ether oxygens (including phenoxy) is 2. The lowest BCUT2D eigenvalue weighted by Crippen LogP contribution is -2.34. The zero-order valence-electron chi connectivity index (χ0n) is 14.7. The van der Waals surface area contributed by atoms with Crippen LogP contribution in [0, 0.1) is 5.82 Å². The Kier molecular flexibility index (Phi) is 11.3. The summed E-state index contributed by atoms with van der Waals surface area (Å²) in [5.74, 6) is -1.62. The molecular formula is C15H26FN3O6. The number of nitrogens with zero attached hydrogens (tertiary/aromatic N) is 1. The number of esters is 1. The maximum absolute atomic E-state index is 13.2. The number of carbonyl (C=O) groups is 1. The van der Waals surface area contributed by atoms with Crippen LogP contribution in [0.3, 0.4) is 0 Å². The quantitative estimate of drug-likeness (QED) is 0.634. The van der Waals surface area contributed by atoms with E-state index in [1.165, 1.54) is 6.42 Å². The summed E-state index contributed by atoms with van der Waals surface area (Å²) in [6.07, 6.45) is 1.94. The van der Waals surface area contributed by atoms with Gasteiger partial charge >= 0.3 is 11.7 Å². The lowest BCUT2D eigenvalue weighted by Gasteiger charge is -2.15. The SMILES string of the molecule is CCC.CO.NCC(=O)OCC1CCC(n2cc(F)c(=O)[nH]c2=O)O1. The topological polar surface area (TPSA) is 137 Å². The van der Waals surface area contributed by atoms with E-state index < -0.39 is 35.4 Å². The highest BCUT2D eigenvalue weighted by Crippen LogP contribution is 2.27. The Labute approximate surface area is 144 Å². The fourth-order valence-electron chi connectivity index (χ4n) is 1.93. The maximum atomic E-state index is 13.2. The van der Waals surface area contributed by atoms with E-state index in [-0.39, 0.29) is 13.2 Å². The van der Waals surface area contributed by atoms with Crippen LogP contribution in [0.25, 0.3) is 0 Å². The Balaban J connectivity index is 0.00000104. The van der Waals surface area contributed by atoms with Gasteiger partial charge in [0.25, 0.3) is 5.56 Å². The van der Waals surface area contributed by atoms with E-state index in [0.717, 1.165) is 17.9 Å². The first-order valence-electron chi connectivity index (χ1n) is 7.89. The van der Waals surface area contributed by atoms with Gasteiger partial charge in [0.1, 0.15) is 12.8 Å². The monoisotopic (exact) mass is 363 g/mol. The molecule has 0 bridgehead atoms. The van der Waals surface area contributed by atoms with Crippen molar-refractivity contribution >= 4 is 5.97 Å². The Morgan fingerprint density at radius 2 is 2.04 bits per heavy atom. The van der Waals surface area contributed by atoms with Crippen LogP contribution in [0.4, 0.5) is 4.39 Å². The van der Waals surface area contributed by atoms with Crippen molar-refractivity contribution in [2.45, 2.75) is 45.4 Å². The van der Waals surface area contributed by atoms with Crippen LogP contribution >= 0.6 is 0 Å². The zero-order valence-corrected chi connectivity index (χ0v) is 14.7. The molecule has 1 aromatic rings. The Morgan fingerprint density at radius 3 is 2.60 bits per heavy atom. The molecule has 25 heavy (non-hydrogen) atoms. The molecule has 1 aliphatic heterocycles. The summed E-state index contributed by atoms with van der Waals surface area (Å²) in [5, 5.41) is 7.00. The number of hydrogen-bond acceptors (Lipinski definition) is 7. The number of nitrogens with two attached hydrogens (primary N) is 1. The lowest BCUT2D eigenvalue weighted by molar-refractivity contribution is -0.146. The second kappa shape index (κ2) is 12.3. The zero-order chi connectivity index (χ0) is 19.4. The van der Waals surface area contributed by atoms with Crippen LogP contribution in [0.2, 0.25) is 0 Å². The third-order valence-electron chi connectivity index (χ3n) is 2.92. The molecule has 9 nitrogen and oxygen atoms in total. The van der Waals surface area contributed by atoms with E-state index >= 15 is 0 Å². The van der Waals surface area contributed by atoms with Gasteiger partial charge in [0.15, 0.2) is 0 Å². The van der Waals surface area contributed by atoms with Crippen LogP contribution in [0.15, 0.2) is 15.8 Å². The molecule has 2 heterocycles. The first-order valence-corrected chi connectivity index (χ1v) is 7.89. The van der Waals surface area contributed by atoms with Crippen molar-refractivity contribution in [1.29, 1.82) is 0 Å². The number of aromatic amines is 1. The Morgan fingerprint density at radius 1 is 1.44 bits per heavy atom. The second-order valence-corrected chi connectivity index (χ2v) is 5.03. The molecule has 144 valence electrons. The molecule has 1 saturated heterocycles. The van der Waals surface area contributed by atoms with Crippen molar-refractivity contribution in [2.75, 3.05) is 20.3 Å². The molecule has 2 atom stereocenters. The van der Waals surface area contributed by atoms with E-state index in [0.29, 0.717) is 12.8 Å². The van der Waals surface area contributed by atoms with Gasteiger partial charge in [0.2, 0.25) is 5.82 Å². The molecule has 4 N–H and O–H groups in total. The smallest absolute Gasteiger partial charge is 0.330 e. The largest absolute Gasteiger partial charge is 0.462 e. The van der Waals surface area contributed by atoms with Crippen molar-refractivity contribution in [2.24, 2.45) is 5.73 Å². The van der Waals surface area contributed by atoms with Gasteiger partial charge < -0.3 is 20.3 Å². The maximum Gasteiger partial charge on any atom is 0.330 e. The summed E-state index contributed by atoms with van der Waals surface area (Å²) in [4.78, 5) is 35.2. The summed E-state index contributed by atoms with van der Waals surface area (Å²) < 4.78 is 24.4. The number of hydrogen-bond donors (Lipinski definition) is 3. The number of carbonyl (C=O) groups excluding carboxylic acids is 1. The van der Waals surface area contributed by atoms with Crippen molar-refractivity contribution < 1.29 is 23.8 Å². The average Bonchev–Trinajstić information content (AvgIpc) is 3.07. The number of nitrogens with one attached hydrogen (secondary N) is 1. The van der Waals surface area contributed by atoms with E-state index in [4.69, 9.17) is 20.3 Å². The minimum absolute atomic E-state index is 0.0210. The lowest BCUT2D eigenvalue weighted by atomic mass is 10.2. The van der Waals surface area contributed by atoms with Crippen molar-refractivity contribution in [1.82, 2.24) is 9.55 Å². The standard InChI is InChI=1S/C11H14FN3O5.C3H8.CH4O/c12-7-4-15(11(18)14-10(7)17)8-2-1-6(20-8)5-19-9(16)3-13;1-3-2;1-2/h4,6,8H,1-3,5,13H2,(H,14,17,18);3H2,1-2H3;2H,1H3. The highest BCUT2D eigenvalue weighted by Gasteiger charge is 2.28. The molecule has 0 saturated carbocycles. The predicted octanol–water partition coefficient (Wildman–Crippen LogP) is -0.120. The third kappa shape index (κ3) is 7.59. The first kappa shape index (κ1) is 23.0. The van der Waals surface area contributed by atoms with Gasteiger partial charge in [-0.25, -0.2) is 4.79 Å². The summed E-state index contributed by atoms with van der Waals surface area (Å²) in [5.41, 5.74) is 3.27. The minimum atomic E-state index is -1.07. The number of aromatic nitrogens is 2. The summed E-state index contributed by atoms with van der Waals surface area (Å²) in [7, 11) is 1.00. The second-order valence-electron chi connectivity index (χ2n) is 5.03. The molecule has 1 fully saturated rings. The molecule has 10 heteroatoms. The summed E-state index contributed by atoms with van der Waals surface area (Å²) >= 11 is 0. The van der Waals surface area contributed by atoms with Crippen LogP contribution in [0.1, 0.15) is 39.3 Å². The highest BCUT2D eigenvalue weighted by atomic mass is 19.1. The van der Waals surface area contributed by atoms with Crippen LogP contribution in [0.5, 0.6) is 0 Å². The van der Waals surface area contributed by atoms with Gasteiger partial charge in [0.05, 0.1) is 18.8 Å². The number of halogens is 1. The van der Waals surface area contributed by atoms with E-state index in [2.05, 4.69) is 13.8 Å². The van der Waals surface area contributed by atoms with Crippen LogP contribution in [-0.4, -0.2) is 47.0 Å². The van der Waals surface area contributed by atoms with Gasteiger partial charge in [0, 0.05) is 7.11 Å². The molecule has 0 radical (unpaired) electrons. The van der Waals surface area contributed by atoms with Crippen LogP contribution in [-0.2, 0) is 14.3 Å². The molecule has 2 rings (SSSR count). The molecule has 0 spiro atoms. The number of H-pyrrole nitrogens is 1. The molecule has 2 unspecified atom stereocenters. The van der Waals surface area contributed by atoms with Crippen molar-refractivity contribution in [3.8, 4) is 0 Å². The third-order valence-corrected chi connectivity index (χ3v) is 2.92. The van der Waals surface area contributed by atoms with Gasteiger partial charge in [-0.1, -0.05) is 20.3 Å². The summed E-state index contributed by atoms with van der Waals surface area (Å²) in [6.45, 7) is 4.05. The van der Waals surface area contributed by atoms with Crippen LogP contribution < -0.4 is 17.0 Å². The van der Waals surface area contributed by atoms with E-state index in [9.17, 15) is 18.8 Å². The van der Waals surface area contributed by atoms with E-state index in [1.54, 1.807) is 0 Å². The Hall–Kier alpha value is -2.04. The normalized spacial score (nSPS) is 18.5. The summed E-state index contributed by atoms with van der Waals surface area (Å²) in [6, 6.07) is 0. The minimum Gasteiger partial charge on any atom is -0.462 e. The van der Waals surface area contributed by atoms with Crippen molar-refractivity contribution in [3.63, 3.8) is 0 Å². The van der Waals surface area contributed by atoms with Gasteiger partial charge in [-0.2, -0.15) is 4.39 Å².